The number of nitrogens with one attached hydrogen (secondary N) is 1. The van der Waals surface area contributed by atoms with Gasteiger partial charge in [-0.25, -0.2) is 0 Å². The Morgan fingerprint density at radius 1 is 1.11 bits per heavy atom. The summed E-state index contributed by atoms with van der Waals surface area (Å²) in [4.78, 5) is 11.9. The van der Waals surface area contributed by atoms with Gasteiger partial charge in [-0.2, -0.15) is 8.78 Å². The van der Waals surface area contributed by atoms with E-state index in [0.29, 0.717) is 19.6 Å². The number of halogens is 2. The van der Waals surface area contributed by atoms with E-state index in [-0.39, 0.29) is 23.8 Å². The molecule has 0 aliphatic carbocycles. The fourth-order valence-corrected chi connectivity index (χ4v) is 2.39. The zero-order valence-electron chi connectivity index (χ0n) is 15.3. The third-order valence-corrected chi connectivity index (χ3v) is 3.80. The van der Waals surface area contributed by atoms with Crippen LogP contribution in [0.3, 0.4) is 0 Å². The molecule has 1 N–H and O–H groups in total. The molecule has 0 aromatic heterocycles. The second-order valence-corrected chi connectivity index (χ2v) is 5.88. The number of methoxy groups -OCH3 is 1. The van der Waals surface area contributed by atoms with E-state index < -0.39 is 6.61 Å². The molecule has 7 heteroatoms. The molecule has 27 heavy (non-hydrogen) atoms. The lowest BCUT2D eigenvalue weighted by molar-refractivity contribution is -0.121. The van der Waals surface area contributed by atoms with Gasteiger partial charge in [0, 0.05) is 6.54 Å². The van der Waals surface area contributed by atoms with Gasteiger partial charge in [0.1, 0.15) is 5.75 Å². The van der Waals surface area contributed by atoms with Crippen molar-refractivity contribution in [2.24, 2.45) is 0 Å². The lowest BCUT2D eigenvalue weighted by Gasteiger charge is -2.12. The third-order valence-electron chi connectivity index (χ3n) is 3.80. The molecule has 2 rings (SSSR count). The van der Waals surface area contributed by atoms with E-state index in [1.165, 1.54) is 13.2 Å². The highest BCUT2D eigenvalue weighted by atomic mass is 19.3. The van der Waals surface area contributed by atoms with Gasteiger partial charge in [0.15, 0.2) is 11.5 Å². The number of alkyl halides is 2. The molecule has 0 saturated carbocycles. The van der Waals surface area contributed by atoms with Crippen molar-refractivity contribution in [3.63, 3.8) is 0 Å². The van der Waals surface area contributed by atoms with Gasteiger partial charge in [-0.15, -0.1) is 0 Å². The van der Waals surface area contributed by atoms with Crippen LogP contribution < -0.4 is 19.5 Å². The summed E-state index contributed by atoms with van der Waals surface area (Å²) in [5, 5.41) is 2.80. The van der Waals surface area contributed by atoms with Crippen LogP contribution >= 0.6 is 0 Å². The molecule has 0 heterocycles. The zero-order valence-corrected chi connectivity index (χ0v) is 15.3. The van der Waals surface area contributed by atoms with Crippen molar-refractivity contribution in [1.82, 2.24) is 5.32 Å². The Balaban J connectivity index is 1.71. The normalized spacial score (nSPS) is 10.6. The van der Waals surface area contributed by atoms with Crippen molar-refractivity contribution in [2.45, 2.75) is 26.4 Å². The fraction of sp³-hybridized carbons (Fsp3) is 0.350. The van der Waals surface area contributed by atoms with Crippen molar-refractivity contribution < 1.29 is 27.8 Å². The number of hydrogen-bond acceptors (Lipinski definition) is 4. The summed E-state index contributed by atoms with van der Waals surface area (Å²) >= 11 is 0. The van der Waals surface area contributed by atoms with Gasteiger partial charge in [0.2, 0.25) is 5.91 Å². The molecule has 0 bridgehead atoms. The molecule has 0 radical (unpaired) electrons. The van der Waals surface area contributed by atoms with E-state index >= 15 is 0 Å². The Bertz CT molecular complexity index is 735. The molecule has 2 aromatic rings. The number of carbonyl (C=O) groups excluding carboxylic acids is 1. The molecular formula is C20H23F2NO4. The van der Waals surface area contributed by atoms with Gasteiger partial charge in [0.25, 0.3) is 0 Å². The minimum Gasteiger partial charge on any atom is -0.493 e. The predicted octanol–water partition coefficient (Wildman–Crippen LogP) is 3.73. The maximum Gasteiger partial charge on any atom is 0.387 e. The molecule has 0 aliphatic heterocycles. The Hall–Kier alpha value is -2.83. The number of aryl methyl sites for hydroxylation is 1. The highest BCUT2D eigenvalue weighted by Gasteiger charge is 2.11. The molecule has 0 spiro atoms. The van der Waals surface area contributed by atoms with Gasteiger partial charge in [-0.3, -0.25) is 4.79 Å². The van der Waals surface area contributed by atoms with Gasteiger partial charge in [-0.05, 0) is 43.2 Å². The monoisotopic (exact) mass is 379 g/mol. The average Bonchev–Trinajstić information content (AvgIpc) is 2.64. The number of carbonyl (C=O) groups is 1. The Morgan fingerprint density at radius 3 is 2.52 bits per heavy atom. The summed E-state index contributed by atoms with van der Waals surface area (Å²) in [5.74, 6) is 0.817. The molecule has 0 atom stereocenters. The minimum atomic E-state index is -2.91. The summed E-state index contributed by atoms with van der Waals surface area (Å²) in [6, 6.07) is 12.3. The molecule has 0 unspecified atom stereocenters. The van der Waals surface area contributed by atoms with Crippen LogP contribution in [-0.2, 0) is 11.2 Å². The third kappa shape index (κ3) is 7.13. The summed E-state index contributed by atoms with van der Waals surface area (Å²) in [7, 11) is 1.38. The molecule has 146 valence electrons. The van der Waals surface area contributed by atoms with Crippen LogP contribution in [0.5, 0.6) is 17.2 Å². The van der Waals surface area contributed by atoms with Gasteiger partial charge in [0.05, 0.1) is 20.1 Å². The van der Waals surface area contributed by atoms with E-state index in [2.05, 4.69) is 10.1 Å². The van der Waals surface area contributed by atoms with Crippen LogP contribution in [0.4, 0.5) is 8.78 Å². The molecule has 5 nitrogen and oxygen atoms in total. The van der Waals surface area contributed by atoms with Crippen LogP contribution in [0.2, 0.25) is 0 Å². The second kappa shape index (κ2) is 10.4. The van der Waals surface area contributed by atoms with Crippen molar-refractivity contribution in [1.29, 1.82) is 0 Å². The molecule has 1 amide bonds. The first-order valence-electron chi connectivity index (χ1n) is 8.56. The van der Waals surface area contributed by atoms with Crippen LogP contribution in [0.25, 0.3) is 0 Å². The van der Waals surface area contributed by atoms with Crippen molar-refractivity contribution in [3.8, 4) is 17.2 Å². The van der Waals surface area contributed by atoms with Crippen molar-refractivity contribution in [3.05, 3.63) is 53.6 Å². The SMILES string of the molecule is COc1cc(CCNC(=O)CCOc2ccc(C)cc2)ccc1OC(F)F. The molecule has 2 aromatic carbocycles. The highest BCUT2D eigenvalue weighted by molar-refractivity contribution is 5.76. The predicted molar refractivity (Wildman–Crippen MR) is 97.6 cm³/mol. The van der Waals surface area contributed by atoms with Crippen LogP contribution in [-0.4, -0.2) is 32.8 Å². The Morgan fingerprint density at radius 2 is 1.85 bits per heavy atom. The number of benzene rings is 2. The Labute approximate surface area is 157 Å². The maximum atomic E-state index is 12.3. The molecule has 0 aliphatic rings. The van der Waals surface area contributed by atoms with Crippen LogP contribution in [0.1, 0.15) is 17.5 Å². The maximum absolute atomic E-state index is 12.3. The Kier molecular flexibility index (Phi) is 7.85. The lowest BCUT2D eigenvalue weighted by atomic mass is 10.1. The first kappa shape index (κ1) is 20.5. The lowest BCUT2D eigenvalue weighted by Crippen LogP contribution is -2.27. The van der Waals surface area contributed by atoms with Gasteiger partial charge in [-0.1, -0.05) is 23.8 Å². The molecule has 0 saturated heterocycles. The number of rotatable bonds is 10. The van der Waals surface area contributed by atoms with Crippen LogP contribution in [0, 0.1) is 6.92 Å². The second-order valence-electron chi connectivity index (χ2n) is 5.88. The van der Waals surface area contributed by atoms with Crippen LogP contribution in [0.15, 0.2) is 42.5 Å². The molecular weight excluding hydrogens is 356 g/mol. The smallest absolute Gasteiger partial charge is 0.387 e. The minimum absolute atomic E-state index is 0.0199. The van der Waals surface area contributed by atoms with E-state index in [9.17, 15) is 13.6 Å². The standard InChI is InChI=1S/C20H23F2NO4/c1-14-3-6-16(7-4-14)26-12-10-19(24)23-11-9-15-5-8-17(27-20(21)22)18(13-15)25-2/h3-8,13,20H,9-12H2,1-2H3,(H,23,24). The van der Waals surface area contributed by atoms with E-state index in [1.807, 2.05) is 31.2 Å². The van der Waals surface area contributed by atoms with Gasteiger partial charge >= 0.3 is 6.61 Å². The van der Waals surface area contributed by atoms with E-state index in [0.717, 1.165) is 16.9 Å². The number of hydrogen-bond donors (Lipinski definition) is 1. The molecule has 0 fully saturated rings. The number of amides is 1. The number of ether oxygens (including phenoxy) is 3. The van der Waals surface area contributed by atoms with Gasteiger partial charge < -0.3 is 19.5 Å². The van der Waals surface area contributed by atoms with E-state index in [1.54, 1.807) is 12.1 Å². The summed E-state index contributed by atoms with van der Waals surface area (Å²) in [6.45, 7) is -0.206. The van der Waals surface area contributed by atoms with Crippen molar-refractivity contribution >= 4 is 5.91 Å². The largest absolute Gasteiger partial charge is 0.493 e. The fourth-order valence-electron chi connectivity index (χ4n) is 2.39. The summed E-state index contributed by atoms with van der Waals surface area (Å²) < 4.78 is 39.6. The van der Waals surface area contributed by atoms with E-state index in [4.69, 9.17) is 9.47 Å². The first-order valence-corrected chi connectivity index (χ1v) is 8.56. The quantitative estimate of drug-likeness (QED) is 0.683. The topological polar surface area (TPSA) is 56.8 Å². The highest BCUT2D eigenvalue weighted by Crippen LogP contribution is 2.29. The first-order chi connectivity index (χ1) is 13.0. The summed E-state index contributed by atoms with van der Waals surface area (Å²) in [5.41, 5.74) is 1.98. The summed E-state index contributed by atoms with van der Waals surface area (Å²) in [6.07, 6.45) is 0.786. The van der Waals surface area contributed by atoms with Crippen molar-refractivity contribution in [2.75, 3.05) is 20.3 Å². The average molecular weight is 379 g/mol. The zero-order chi connectivity index (χ0) is 19.6.